The SMILES string of the molecule is COC(=O)c1ccc(C2CC2CN)nc1. The van der Waals surface area contributed by atoms with Gasteiger partial charge in [-0.2, -0.15) is 0 Å². The van der Waals surface area contributed by atoms with Gasteiger partial charge in [0.15, 0.2) is 0 Å². The van der Waals surface area contributed by atoms with E-state index < -0.39 is 0 Å². The smallest absolute Gasteiger partial charge is 0.339 e. The Kier molecular flexibility index (Phi) is 2.68. The van der Waals surface area contributed by atoms with Gasteiger partial charge in [-0.05, 0) is 31.0 Å². The minimum Gasteiger partial charge on any atom is -0.465 e. The van der Waals surface area contributed by atoms with E-state index in [9.17, 15) is 4.79 Å². The second-order valence-electron chi connectivity index (χ2n) is 3.80. The highest BCUT2D eigenvalue weighted by molar-refractivity contribution is 5.88. The van der Waals surface area contributed by atoms with Crippen LogP contribution in [0.2, 0.25) is 0 Å². The Bertz CT molecular complexity index is 361. The maximum atomic E-state index is 11.1. The maximum absolute atomic E-state index is 11.1. The van der Waals surface area contributed by atoms with E-state index in [4.69, 9.17) is 5.73 Å². The van der Waals surface area contributed by atoms with Crippen molar-refractivity contribution in [3.05, 3.63) is 29.6 Å². The zero-order valence-corrected chi connectivity index (χ0v) is 8.64. The highest BCUT2D eigenvalue weighted by atomic mass is 16.5. The molecule has 1 aliphatic rings. The number of nitrogens with zero attached hydrogens (tertiary/aromatic N) is 1. The Morgan fingerprint density at radius 2 is 2.47 bits per heavy atom. The first kappa shape index (κ1) is 10.1. The first-order valence-electron chi connectivity index (χ1n) is 5.00. The van der Waals surface area contributed by atoms with Gasteiger partial charge in [0.25, 0.3) is 0 Å². The van der Waals surface area contributed by atoms with Crippen LogP contribution in [0.5, 0.6) is 0 Å². The van der Waals surface area contributed by atoms with Gasteiger partial charge in [-0.15, -0.1) is 0 Å². The molecule has 4 heteroatoms. The average molecular weight is 206 g/mol. The van der Waals surface area contributed by atoms with E-state index in [1.54, 1.807) is 12.3 Å². The zero-order valence-electron chi connectivity index (χ0n) is 8.64. The largest absolute Gasteiger partial charge is 0.465 e. The number of rotatable bonds is 3. The van der Waals surface area contributed by atoms with Crippen LogP contribution < -0.4 is 5.73 Å². The van der Waals surface area contributed by atoms with Crippen LogP contribution >= 0.6 is 0 Å². The Morgan fingerprint density at radius 1 is 1.67 bits per heavy atom. The normalized spacial score (nSPS) is 23.6. The Labute approximate surface area is 88.4 Å². The summed E-state index contributed by atoms with van der Waals surface area (Å²) in [6.07, 6.45) is 2.67. The van der Waals surface area contributed by atoms with Crippen molar-refractivity contribution in [1.29, 1.82) is 0 Å². The summed E-state index contributed by atoms with van der Waals surface area (Å²) in [6.45, 7) is 0.713. The van der Waals surface area contributed by atoms with Gasteiger partial charge in [-0.1, -0.05) is 0 Å². The first-order chi connectivity index (χ1) is 7.26. The molecule has 15 heavy (non-hydrogen) atoms. The highest BCUT2D eigenvalue weighted by Gasteiger charge is 2.37. The summed E-state index contributed by atoms with van der Waals surface area (Å²) in [5.41, 5.74) is 7.08. The minimum atomic E-state index is -0.347. The van der Waals surface area contributed by atoms with Gasteiger partial charge in [-0.25, -0.2) is 4.79 Å². The summed E-state index contributed by atoms with van der Waals surface area (Å²) >= 11 is 0. The lowest BCUT2D eigenvalue weighted by atomic mass is 10.2. The number of pyridine rings is 1. The van der Waals surface area contributed by atoms with Crippen LogP contribution in [0, 0.1) is 5.92 Å². The lowest BCUT2D eigenvalue weighted by Crippen LogP contribution is -2.04. The van der Waals surface area contributed by atoms with Crippen LogP contribution in [-0.4, -0.2) is 24.6 Å². The third-order valence-corrected chi connectivity index (χ3v) is 2.81. The van der Waals surface area contributed by atoms with Crippen LogP contribution in [0.1, 0.15) is 28.4 Å². The molecule has 1 saturated carbocycles. The lowest BCUT2D eigenvalue weighted by Gasteiger charge is -2.01. The summed E-state index contributed by atoms with van der Waals surface area (Å²) in [5.74, 6) is 0.711. The van der Waals surface area contributed by atoms with Crippen LogP contribution in [0.3, 0.4) is 0 Å². The number of esters is 1. The van der Waals surface area contributed by atoms with E-state index >= 15 is 0 Å². The van der Waals surface area contributed by atoms with Crippen LogP contribution in [0.4, 0.5) is 0 Å². The molecular formula is C11H14N2O2. The van der Waals surface area contributed by atoms with Crippen molar-refractivity contribution in [3.63, 3.8) is 0 Å². The Morgan fingerprint density at radius 3 is 2.93 bits per heavy atom. The van der Waals surface area contributed by atoms with Crippen LogP contribution in [0.25, 0.3) is 0 Å². The second kappa shape index (κ2) is 3.98. The molecule has 1 heterocycles. The van der Waals surface area contributed by atoms with E-state index in [1.165, 1.54) is 7.11 Å². The van der Waals surface area contributed by atoms with Gasteiger partial charge < -0.3 is 10.5 Å². The molecule has 0 spiro atoms. The number of hydrogen-bond acceptors (Lipinski definition) is 4. The minimum absolute atomic E-state index is 0.347. The molecule has 80 valence electrons. The standard InChI is InChI=1S/C11H14N2O2/c1-15-11(14)7-2-3-10(13-6-7)9-4-8(9)5-12/h2-3,6,8-9H,4-5,12H2,1H3. The molecule has 0 radical (unpaired) electrons. The number of ether oxygens (including phenoxy) is 1. The van der Waals surface area contributed by atoms with Crippen molar-refractivity contribution < 1.29 is 9.53 Å². The lowest BCUT2D eigenvalue weighted by molar-refractivity contribution is 0.0600. The van der Waals surface area contributed by atoms with Crippen molar-refractivity contribution >= 4 is 5.97 Å². The number of carbonyl (C=O) groups is 1. The third kappa shape index (κ3) is 1.99. The van der Waals surface area contributed by atoms with E-state index in [0.29, 0.717) is 23.9 Å². The first-order valence-corrected chi connectivity index (χ1v) is 5.00. The van der Waals surface area contributed by atoms with Crippen molar-refractivity contribution in [1.82, 2.24) is 4.98 Å². The zero-order chi connectivity index (χ0) is 10.8. The molecule has 1 aromatic heterocycles. The van der Waals surface area contributed by atoms with Gasteiger partial charge in [0, 0.05) is 17.8 Å². The maximum Gasteiger partial charge on any atom is 0.339 e. The van der Waals surface area contributed by atoms with Gasteiger partial charge in [0.05, 0.1) is 12.7 Å². The molecule has 1 aromatic rings. The number of aromatic nitrogens is 1. The van der Waals surface area contributed by atoms with Gasteiger partial charge in [0.2, 0.25) is 0 Å². The highest BCUT2D eigenvalue weighted by Crippen LogP contribution is 2.45. The van der Waals surface area contributed by atoms with Gasteiger partial charge >= 0.3 is 5.97 Å². The fourth-order valence-corrected chi connectivity index (χ4v) is 1.73. The monoisotopic (exact) mass is 206 g/mol. The molecule has 1 aliphatic carbocycles. The molecule has 0 aromatic carbocycles. The molecular weight excluding hydrogens is 192 g/mol. The molecule has 2 atom stereocenters. The predicted molar refractivity (Wildman–Crippen MR) is 55.5 cm³/mol. The number of hydrogen-bond donors (Lipinski definition) is 1. The van der Waals surface area contributed by atoms with Gasteiger partial charge in [0.1, 0.15) is 0 Å². The molecule has 0 amide bonds. The quantitative estimate of drug-likeness (QED) is 0.747. The van der Waals surface area contributed by atoms with E-state index in [0.717, 1.165) is 12.1 Å². The van der Waals surface area contributed by atoms with E-state index in [2.05, 4.69) is 9.72 Å². The van der Waals surface area contributed by atoms with E-state index in [1.807, 2.05) is 6.07 Å². The second-order valence-corrected chi connectivity index (χ2v) is 3.80. The summed E-state index contributed by atoms with van der Waals surface area (Å²) in [6, 6.07) is 3.63. The summed E-state index contributed by atoms with van der Waals surface area (Å²) < 4.78 is 4.60. The predicted octanol–water partition coefficient (Wildman–Crippen LogP) is 0.930. The Hall–Kier alpha value is -1.42. The summed E-state index contributed by atoms with van der Waals surface area (Å²) in [7, 11) is 1.36. The van der Waals surface area contributed by atoms with Crippen molar-refractivity contribution in [2.75, 3.05) is 13.7 Å². The molecule has 2 rings (SSSR count). The number of methoxy groups -OCH3 is 1. The van der Waals surface area contributed by atoms with Crippen molar-refractivity contribution in [2.45, 2.75) is 12.3 Å². The summed E-state index contributed by atoms with van der Waals surface area (Å²) in [4.78, 5) is 15.4. The summed E-state index contributed by atoms with van der Waals surface area (Å²) in [5, 5.41) is 0. The number of carbonyl (C=O) groups excluding carboxylic acids is 1. The van der Waals surface area contributed by atoms with Gasteiger partial charge in [-0.3, -0.25) is 4.98 Å². The fraction of sp³-hybridized carbons (Fsp3) is 0.455. The Balaban J connectivity index is 2.08. The fourth-order valence-electron chi connectivity index (χ4n) is 1.73. The molecule has 2 unspecified atom stereocenters. The van der Waals surface area contributed by atoms with Crippen LogP contribution in [0.15, 0.2) is 18.3 Å². The molecule has 0 saturated heterocycles. The van der Waals surface area contributed by atoms with Crippen LogP contribution in [-0.2, 0) is 4.74 Å². The topological polar surface area (TPSA) is 65.2 Å². The molecule has 0 bridgehead atoms. The number of nitrogens with two attached hydrogens (primary N) is 1. The third-order valence-electron chi connectivity index (χ3n) is 2.81. The molecule has 1 fully saturated rings. The van der Waals surface area contributed by atoms with Crippen molar-refractivity contribution in [3.8, 4) is 0 Å². The molecule has 0 aliphatic heterocycles. The van der Waals surface area contributed by atoms with E-state index in [-0.39, 0.29) is 5.97 Å². The molecule has 2 N–H and O–H groups in total. The van der Waals surface area contributed by atoms with Crippen molar-refractivity contribution in [2.24, 2.45) is 11.7 Å². The average Bonchev–Trinajstić information content (AvgIpc) is 3.07. The molecule has 4 nitrogen and oxygen atoms in total.